The predicted molar refractivity (Wildman–Crippen MR) is 65.0 cm³/mol. The molecule has 0 spiro atoms. The second-order valence-corrected chi connectivity index (χ2v) is 4.93. The molecule has 1 atom stereocenters. The van der Waals surface area contributed by atoms with E-state index in [1.807, 2.05) is 0 Å². The molecule has 3 aliphatic rings. The van der Waals surface area contributed by atoms with E-state index in [1.165, 1.54) is 0 Å². The average Bonchev–Trinajstić information content (AvgIpc) is 3.00. The third kappa shape index (κ3) is 1.97. The number of thioether (sulfide) groups is 1. The third-order valence-electron chi connectivity index (χ3n) is 2.66. The normalized spacial score (nSPS) is 29.1. The maximum Gasteiger partial charge on any atom is 0.334 e. The number of nitrogens with zero attached hydrogens (tertiary/aromatic N) is 2. The van der Waals surface area contributed by atoms with Crippen molar-refractivity contribution in [3.05, 3.63) is 18.3 Å². The molecule has 1 fully saturated rings. The standard InChI is InChI=1S/C11H11N2O3S/c1-6-4-8(16-11(6)14)10-13-7(5-17-10)9-12-2-3-15-9/h7H,1-5H2. The number of hydrogen-bond donors (Lipinski definition) is 0. The van der Waals surface area contributed by atoms with Crippen LogP contribution in [0.1, 0.15) is 6.42 Å². The number of carbonyl (C=O) groups excluding carboxylic acids is 1. The van der Waals surface area contributed by atoms with E-state index in [0.29, 0.717) is 37.1 Å². The fraction of sp³-hybridized carbons (Fsp3) is 0.455. The summed E-state index contributed by atoms with van der Waals surface area (Å²) in [5, 5.41) is 0.778. The fourth-order valence-corrected chi connectivity index (χ4v) is 2.82. The van der Waals surface area contributed by atoms with Crippen molar-refractivity contribution in [1.82, 2.24) is 0 Å². The molecule has 0 aromatic carbocycles. The summed E-state index contributed by atoms with van der Waals surface area (Å²) >= 11 is 1.57. The van der Waals surface area contributed by atoms with E-state index in [0.717, 1.165) is 10.8 Å². The van der Waals surface area contributed by atoms with Gasteiger partial charge in [0.15, 0.2) is 0 Å². The highest BCUT2D eigenvalue weighted by atomic mass is 32.2. The zero-order valence-corrected chi connectivity index (χ0v) is 9.96. The number of carbonyl (C=O) groups is 1. The minimum Gasteiger partial charge on any atom is -0.477 e. The molecule has 0 amide bonds. The van der Waals surface area contributed by atoms with Gasteiger partial charge in [-0.2, -0.15) is 0 Å². The first-order valence-corrected chi connectivity index (χ1v) is 6.36. The van der Waals surface area contributed by atoms with Gasteiger partial charge in [0.05, 0.1) is 6.54 Å². The highest BCUT2D eigenvalue weighted by Crippen LogP contribution is 2.34. The molecule has 17 heavy (non-hydrogen) atoms. The maximum absolute atomic E-state index is 11.2. The van der Waals surface area contributed by atoms with Crippen LogP contribution < -0.4 is 0 Å². The molecule has 1 unspecified atom stereocenters. The van der Waals surface area contributed by atoms with Crippen LogP contribution in [0.15, 0.2) is 22.1 Å². The number of esters is 1. The fourth-order valence-electron chi connectivity index (χ4n) is 1.81. The SMILES string of the molecule is C=C1C[C](C2=NC(C3=NCCO3)CS2)OC1=O. The lowest BCUT2D eigenvalue weighted by molar-refractivity contribution is -0.133. The van der Waals surface area contributed by atoms with E-state index < -0.39 is 0 Å². The van der Waals surface area contributed by atoms with Crippen LogP contribution in [0.4, 0.5) is 0 Å². The van der Waals surface area contributed by atoms with Crippen molar-refractivity contribution in [3.63, 3.8) is 0 Å². The Balaban J connectivity index is 1.71. The topological polar surface area (TPSA) is 60.3 Å². The minimum absolute atomic E-state index is 0.0300. The molecule has 1 saturated heterocycles. The predicted octanol–water partition coefficient (Wildman–Crippen LogP) is 0.964. The number of aliphatic imine (C=N–C) groups is 2. The first-order chi connectivity index (χ1) is 8.24. The quantitative estimate of drug-likeness (QED) is 0.542. The highest BCUT2D eigenvalue weighted by Gasteiger charge is 2.37. The van der Waals surface area contributed by atoms with E-state index in [9.17, 15) is 4.79 Å². The first kappa shape index (κ1) is 10.8. The Kier molecular flexibility index (Phi) is 2.66. The molecule has 0 N–H and O–H groups in total. The third-order valence-corrected chi connectivity index (χ3v) is 3.75. The summed E-state index contributed by atoms with van der Waals surface area (Å²) in [6.45, 7) is 5.00. The molecule has 0 saturated carbocycles. The molecule has 3 heterocycles. The van der Waals surface area contributed by atoms with Gasteiger partial charge in [-0.15, -0.1) is 11.8 Å². The van der Waals surface area contributed by atoms with Crippen LogP contribution in [0.2, 0.25) is 0 Å². The summed E-state index contributed by atoms with van der Waals surface area (Å²) in [6.07, 6.45) is 1.08. The Bertz CT molecular complexity index is 428. The number of cyclic esters (lactones) is 1. The molecule has 0 aliphatic carbocycles. The van der Waals surface area contributed by atoms with Crippen LogP contribution in [0, 0.1) is 6.10 Å². The average molecular weight is 251 g/mol. The molecule has 89 valence electrons. The van der Waals surface area contributed by atoms with Gasteiger partial charge in [0.1, 0.15) is 17.7 Å². The molecule has 0 bridgehead atoms. The van der Waals surface area contributed by atoms with E-state index in [4.69, 9.17) is 9.47 Å². The van der Waals surface area contributed by atoms with Crippen LogP contribution in [-0.4, -0.2) is 41.9 Å². The first-order valence-electron chi connectivity index (χ1n) is 5.38. The molecule has 6 heteroatoms. The lowest BCUT2D eigenvalue weighted by Crippen LogP contribution is -2.18. The Morgan fingerprint density at radius 2 is 2.35 bits per heavy atom. The molecular weight excluding hydrogens is 240 g/mol. The summed E-state index contributed by atoms with van der Waals surface area (Å²) in [5.41, 5.74) is 0.487. The molecular formula is C11H11N2O3S. The minimum atomic E-state index is -0.346. The zero-order chi connectivity index (χ0) is 11.8. The van der Waals surface area contributed by atoms with E-state index >= 15 is 0 Å². The zero-order valence-electron chi connectivity index (χ0n) is 9.14. The van der Waals surface area contributed by atoms with Gasteiger partial charge in [-0.25, -0.2) is 4.79 Å². The van der Waals surface area contributed by atoms with Crippen molar-refractivity contribution < 1.29 is 14.3 Å². The summed E-state index contributed by atoms with van der Waals surface area (Å²) < 4.78 is 10.5. The van der Waals surface area contributed by atoms with Gasteiger partial charge in [0.2, 0.25) is 12.0 Å². The van der Waals surface area contributed by atoms with E-state index in [1.54, 1.807) is 11.8 Å². The number of ether oxygens (including phenoxy) is 2. The van der Waals surface area contributed by atoms with Gasteiger partial charge >= 0.3 is 5.97 Å². The Hall–Kier alpha value is -1.30. The van der Waals surface area contributed by atoms with Crippen molar-refractivity contribution >= 4 is 28.7 Å². The van der Waals surface area contributed by atoms with E-state index in [2.05, 4.69) is 16.6 Å². The second kappa shape index (κ2) is 4.18. The smallest absolute Gasteiger partial charge is 0.334 e. The van der Waals surface area contributed by atoms with Gasteiger partial charge in [-0.1, -0.05) is 6.58 Å². The van der Waals surface area contributed by atoms with Crippen LogP contribution >= 0.6 is 11.8 Å². The van der Waals surface area contributed by atoms with Crippen molar-refractivity contribution in [2.24, 2.45) is 9.98 Å². The summed E-state index contributed by atoms with van der Waals surface area (Å²) in [7, 11) is 0. The van der Waals surface area contributed by atoms with Crippen LogP contribution in [0.3, 0.4) is 0 Å². The number of hydrogen-bond acceptors (Lipinski definition) is 6. The van der Waals surface area contributed by atoms with Gasteiger partial charge in [0.25, 0.3) is 0 Å². The van der Waals surface area contributed by atoms with Crippen molar-refractivity contribution in [1.29, 1.82) is 0 Å². The van der Waals surface area contributed by atoms with Crippen molar-refractivity contribution in [3.8, 4) is 0 Å². The monoisotopic (exact) mass is 251 g/mol. The molecule has 0 aromatic heterocycles. The van der Waals surface area contributed by atoms with Crippen molar-refractivity contribution in [2.75, 3.05) is 18.9 Å². The lowest BCUT2D eigenvalue weighted by atomic mass is 10.2. The Morgan fingerprint density at radius 1 is 1.47 bits per heavy atom. The molecule has 3 aliphatic heterocycles. The highest BCUT2D eigenvalue weighted by molar-refractivity contribution is 8.14. The van der Waals surface area contributed by atoms with E-state index in [-0.39, 0.29) is 12.0 Å². The van der Waals surface area contributed by atoms with Crippen molar-refractivity contribution in [2.45, 2.75) is 12.5 Å². The van der Waals surface area contributed by atoms with Gasteiger partial charge in [-0.3, -0.25) is 9.98 Å². The summed E-state index contributed by atoms with van der Waals surface area (Å²) in [6, 6.07) is -0.0300. The van der Waals surface area contributed by atoms with Gasteiger partial charge in [0, 0.05) is 17.7 Å². The van der Waals surface area contributed by atoms with Crippen LogP contribution in [-0.2, 0) is 14.3 Å². The lowest BCUT2D eigenvalue weighted by Gasteiger charge is -2.05. The summed E-state index contributed by atoms with van der Waals surface area (Å²) in [5.74, 6) is 1.15. The Labute approximate surface area is 103 Å². The largest absolute Gasteiger partial charge is 0.477 e. The van der Waals surface area contributed by atoms with Gasteiger partial charge < -0.3 is 9.47 Å². The molecule has 3 rings (SSSR count). The van der Waals surface area contributed by atoms with Gasteiger partial charge in [-0.05, 0) is 0 Å². The Morgan fingerprint density at radius 3 is 3.00 bits per heavy atom. The summed E-state index contributed by atoms with van der Waals surface area (Å²) in [4.78, 5) is 20.0. The molecule has 0 aromatic rings. The molecule has 1 radical (unpaired) electrons. The van der Waals surface area contributed by atoms with Crippen LogP contribution in [0.5, 0.6) is 0 Å². The maximum atomic E-state index is 11.2. The number of rotatable bonds is 2. The molecule has 5 nitrogen and oxygen atoms in total. The second-order valence-electron chi connectivity index (χ2n) is 3.92. The van der Waals surface area contributed by atoms with Crippen LogP contribution in [0.25, 0.3) is 0 Å².